The first-order valence-corrected chi connectivity index (χ1v) is 6.09. The van der Waals surface area contributed by atoms with Crippen LogP contribution in [-0.2, 0) is 6.42 Å². The van der Waals surface area contributed by atoms with Crippen LogP contribution in [-0.4, -0.2) is 10.1 Å². The number of nitrogens with zero attached hydrogens (tertiary/aromatic N) is 1. The first-order valence-electron chi connectivity index (χ1n) is 6.09. The molecule has 0 fully saturated rings. The van der Waals surface area contributed by atoms with Gasteiger partial charge >= 0.3 is 0 Å². The summed E-state index contributed by atoms with van der Waals surface area (Å²) in [6, 6.07) is 11.6. The summed E-state index contributed by atoms with van der Waals surface area (Å²) in [7, 11) is 0. The van der Waals surface area contributed by atoms with Crippen molar-refractivity contribution in [1.82, 2.24) is 4.98 Å². The number of aryl methyl sites for hydroxylation is 1. The number of aliphatic hydroxyl groups excluding tert-OH is 1. The number of hydrogen-bond donors (Lipinski definition) is 1. The summed E-state index contributed by atoms with van der Waals surface area (Å²) < 4.78 is 0. The standard InChI is InChI=1S/C16H17NO/c1-2-3-7-13-10-11-17-12-15(13)16(18)14-8-5-4-6-9-14/h2,4-6,8-12,16,18H,1,3,7H2. The van der Waals surface area contributed by atoms with Gasteiger partial charge in [0.15, 0.2) is 0 Å². The zero-order valence-electron chi connectivity index (χ0n) is 10.3. The maximum Gasteiger partial charge on any atom is 0.106 e. The van der Waals surface area contributed by atoms with E-state index in [0.29, 0.717) is 0 Å². The smallest absolute Gasteiger partial charge is 0.106 e. The van der Waals surface area contributed by atoms with E-state index < -0.39 is 6.10 Å². The normalized spacial score (nSPS) is 12.1. The zero-order valence-corrected chi connectivity index (χ0v) is 10.3. The third-order valence-electron chi connectivity index (χ3n) is 2.97. The molecule has 0 aliphatic rings. The Hall–Kier alpha value is -1.93. The Morgan fingerprint density at radius 2 is 2.00 bits per heavy atom. The molecule has 1 aromatic heterocycles. The fourth-order valence-corrected chi connectivity index (χ4v) is 1.98. The highest BCUT2D eigenvalue weighted by molar-refractivity contribution is 5.33. The summed E-state index contributed by atoms with van der Waals surface area (Å²) >= 11 is 0. The van der Waals surface area contributed by atoms with E-state index in [0.717, 1.165) is 29.5 Å². The fourth-order valence-electron chi connectivity index (χ4n) is 1.98. The van der Waals surface area contributed by atoms with Crippen LogP contribution in [0.5, 0.6) is 0 Å². The Morgan fingerprint density at radius 3 is 2.72 bits per heavy atom. The van der Waals surface area contributed by atoms with Crippen molar-refractivity contribution >= 4 is 0 Å². The molecule has 1 atom stereocenters. The van der Waals surface area contributed by atoms with Gasteiger partial charge in [-0.05, 0) is 30.0 Å². The van der Waals surface area contributed by atoms with Crippen LogP contribution >= 0.6 is 0 Å². The van der Waals surface area contributed by atoms with Gasteiger partial charge < -0.3 is 5.11 Å². The Balaban J connectivity index is 2.29. The van der Waals surface area contributed by atoms with Crippen molar-refractivity contribution in [2.45, 2.75) is 18.9 Å². The van der Waals surface area contributed by atoms with Gasteiger partial charge in [-0.15, -0.1) is 6.58 Å². The predicted molar refractivity (Wildman–Crippen MR) is 73.3 cm³/mol. The molecule has 0 bridgehead atoms. The van der Waals surface area contributed by atoms with Gasteiger partial charge in [0.2, 0.25) is 0 Å². The van der Waals surface area contributed by atoms with Crippen LogP contribution in [0.2, 0.25) is 0 Å². The van der Waals surface area contributed by atoms with E-state index in [9.17, 15) is 5.11 Å². The van der Waals surface area contributed by atoms with Gasteiger partial charge in [-0.25, -0.2) is 0 Å². The van der Waals surface area contributed by atoms with E-state index in [1.165, 1.54) is 0 Å². The second kappa shape index (κ2) is 6.12. The van der Waals surface area contributed by atoms with Gasteiger partial charge in [0.05, 0.1) is 0 Å². The molecule has 2 nitrogen and oxygen atoms in total. The largest absolute Gasteiger partial charge is 0.384 e. The summed E-state index contributed by atoms with van der Waals surface area (Å²) in [6.45, 7) is 3.73. The average molecular weight is 239 g/mol. The predicted octanol–water partition coefficient (Wildman–Crippen LogP) is 3.28. The quantitative estimate of drug-likeness (QED) is 0.812. The van der Waals surface area contributed by atoms with Crippen LogP contribution < -0.4 is 0 Å². The molecule has 92 valence electrons. The number of pyridine rings is 1. The maximum absolute atomic E-state index is 10.4. The lowest BCUT2D eigenvalue weighted by Gasteiger charge is -2.15. The molecule has 1 N–H and O–H groups in total. The van der Waals surface area contributed by atoms with E-state index in [4.69, 9.17) is 0 Å². The van der Waals surface area contributed by atoms with Crippen LogP contribution in [0, 0.1) is 0 Å². The Labute approximate surface area is 108 Å². The molecule has 0 saturated heterocycles. The molecule has 2 rings (SSSR count). The molecule has 0 aliphatic heterocycles. The van der Waals surface area contributed by atoms with Crippen molar-refractivity contribution in [2.24, 2.45) is 0 Å². The van der Waals surface area contributed by atoms with Gasteiger partial charge in [-0.2, -0.15) is 0 Å². The molecule has 2 heteroatoms. The van der Waals surface area contributed by atoms with E-state index in [2.05, 4.69) is 11.6 Å². The number of benzene rings is 1. The number of aromatic nitrogens is 1. The van der Waals surface area contributed by atoms with Crippen LogP contribution in [0.15, 0.2) is 61.4 Å². The molecule has 0 amide bonds. The molecule has 0 saturated carbocycles. The highest BCUT2D eigenvalue weighted by Gasteiger charge is 2.13. The van der Waals surface area contributed by atoms with E-state index in [1.807, 2.05) is 42.5 Å². The number of allylic oxidation sites excluding steroid dienone is 1. The minimum Gasteiger partial charge on any atom is -0.384 e. The monoisotopic (exact) mass is 239 g/mol. The summed E-state index contributed by atoms with van der Waals surface area (Å²) in [5.41, 5.74) is 2.90. The first kappa shape index (κ1) is 12.5. The molecular formula is C16H17NO. The maximum atomic E-state index is 10.4. The molecule has 0 radical (unpaired) electrons. The summed E-state index contributed by atoms with van der Waals surface area (Å²) in [5.74, 6) is 0. The van der Waals surface area contributed by atoms with Crippen molar-refractivity contribution in [3.8, 4) is 0 Å². The fraction of sp³-hybridized carbons (Fsp3) is 0.188. The zero-order chi connectivity index (χ0) is 12.8. The van der Waals surface area contributed by atoms with Crippen LogP contribution in [0.1, 0.15) is 29.2 Å². The van der Waals surface area contributed by atoms with E-state index in [-0.39, 0.29) is 0 Å². The van der Waals surface area contributed by atoms with Gasteiger partial charge in [0.25, 0.3) is 0 Å². The SMILES string of the molecule is C=CCCc1ccncc1C(O)c1ccccc1. The highest BCUT2D eigenvalue weighted by atomic mass is 16.3. The number of aliphatic hydroxyl groups is 1. The molecule has 1 heterocycles. The lowest BCUT2D eigenvalue weighted by Crippen LogP contribution is -2.04. The Morgan fingerprint density at radius 1 is 1.22 bits per heavy atom. The summed E-state index contributed by atoms with van der Waals surface area (Å²) in [6.07, 6.45) is 6.57. The van der Waals surface area contributed by atoms with Crippen LogP contribution in [0.4, 0.5) is 0 Å². The van der Waals surface area contributed by atoms with Crippen molar-refractivity contribution < 1.29 is 5.11 Å². The van der Waals surface area contributed by atoms with Gasteiger partial charge in [-0.1, -0.05) is 36.4 Å². The first-order chi connectivity index (χ1) is 8.83. The van der Waals surface area contributed by atoms with Crippen molar-refractivity contribution in [3.05, 3.63) is 78.1 Å². The topological polar surface area (TPSA) is 33.1 Å². The molecule has 2 aromatic rings. The minimum atomic E-state index is -0.611. The van der Waals surface area contributed by atoms with Gasteiger partial charge in [0.1, 0.15) is 6.10 Å². The molecule has 1 aromatic carbocycles. The molecule has 1 unspecified atom stereocenters. The van der Waals surface area contributed by atoms with Crippen LogP contribution in [0.25, 0.3) is 0 Å². The van der Waals surface area contributed by atoms with Crippen molar-refractivity contribution in [2.75, 3.05) is 0 Å². The Kier molecular flexibility index (Phi) is 4.26. The minimum absolute atomic E-state index is 0.611. The molecule has 0 aliphatic carbocycles. The Bertz CT molecular complexity index is 508. The lowest BCUT2D eigenvalue weighted by atomic mass is 9.96. The molecule has 18 heavy (non-hydrogen) atoms. The number of rotatable bonds is 5. The average Bonchev–Trinajstić information content (AvgIpc) is 2.45. The van der Waals surface area contributed by atoms with Crippen LogP contribution in [0.3, 0.4) is 0 Å². The van der Waals surface area contributed by atoms with Crippen molar-refractivity contribution in [3.63, 3.8) is 0 Å². The lowest BCUT2D eigenvalue weighted by molar-refractivity contribution is 0.218. The highest BCUT2D eigenvalue weighted by Crippen LogP contribution is 2.24. The third-order valence-corrected chi connectivity index (χ3v) is 2.97. The molecule has 0 spiro atoms. The second-order valence-corrected chi connectivity index (χ2v) is 4.22. The van der Waals surface area contributed by atoms with Gasteiger partial charge in [-0.3, -0.25) is 4.98 Å². The van der Waals surface area contributed by atoms with Gasteiger partial charge in [0, 0.05) is 18.0 Å². The molecular weight excluding hydrogens is 222 g/mol. The second-order valence-electron chi connectivity index (χ2n) is 4.22. The van der Waals surface area contributed by atoms with E-state index >= 15 is 0 Å². The summed E-state index contributed by atoms with van der Waals surface area (Å²) in [5, 5.41) is 10.4. The van der Waals surface area contributed by atoms with Crippen molar-refractivity contribution in [1.29, 1.82) is 0 Å². The third kappa shape index (κ3) is 2.84. The van der Waals surface area contributed by atoms with E-state index in [1.54, 1.807) is 12.4 Å². The summed E-state index contributed by atoms with van der Waals surface area (Å²) in [4.78, 5) is 4.11. The number of hydrogen-bond acceptors (Lipinski definition) is 2.